The van der Waals surface area contributed by atoms with E-state index in [4.69, 9.17) is 9.72 Å². The normalized spacial score (nSPS) is 17.7. The highest BCUT2D eigenvalue weighted by Crippen LogP contribution is 2.20. The molecule has 0 radical (unpaired) electrons. The molecule has 29 heavy (non-hydrogen) atoms. The van der Waals surface area contributed by atoms with E-state index in [2.05, 4.69) is 5.32 Å². The Labute approximate surface area is 171 Å². The molecule has 1 N–H and O–H groups in total. The van der Waals surface area contributed by atoms with Crippen LogP contribution in [0, 0.1) is 0 Å². The number of nitrogens with one attached hydrogen (secondary N) is 1. The van der Waals surface area contributed by atoms with Gasteiger partial charge in [0.15, 0.2) is 0 Å². The molecule has 1 fully saturated rings. The second kappa shape index (κ2) is 9.53. The van der Waals surface area contributed by atoms with Crippen molar-refractivity contribution in [2.75, 3.05) is 13.2 Å². The molecule has 2 aromatic rings. The summed E-state index contributed by atoms with van der Waals surface area (Å²) in [6, 6.07) is 5.21. The van der Waals surface area contributed by atoms with Gasteiger partial charge < -0.3 is 10.1 Å². The van der Waals surface area contributed by atoms with Crippen LogP contribution in [0.3, 0.4) is 0 Å². The van der Waals surface area contributed by atoms with Crippen molar-refractivity contribution < 1.29 is 9.53 Å². The lowest BCUT2D eigenvalue weighted by Crippen LogP contribution is -2.27. The number of hydrogen-bond acceptors (Lipinski definition) is 4. The summed E-state index contributed by atoms with van der Waals surface area (Å²) in [7, 11) is 0. The predicted molar refractivity (Wildman–Crippen MR) is 113 cm³/mol. The lowest BCUT2D eigenvalue weighted by atomic mass is 9.98. The maximum Gasteiger partial charge on any atom is 0.261 e. The van der Waals surface area contributed by atoms with E-state index in [1.54, 1.807) is 22.8 Å². The molecule has 1 amide bonds. The van der Waals surface area contributed by atoms with E-state index in [0.29, 0.717) is 35.7 Å². The Bertz CT molecular complexity index is 915. The molecule has 2 heterocycles. The predicted octanol–water partition coefficient (Wildman–Crippen LogP) is 3.59. The first-order valence-corrected chi connectivity index (χ1v) is 11.2. The van der Waals surface area contributed by atoms with Gasteiger partial charge in [-0.1, -0.05) is 25.7 Å². The molecule has 1 aliphatic heterocycles. The fourth-order valence-corrected chi connectivity index (χ4v) is 4.42. The molecule has 0 spiro atoms. The fourth-order valence-electron chi connectivity index (χ4n) is 4.42. The van der Waals surface area contributed by atoms with Crippen LogP contribution in [-0.4, -0.2) is 34.7 Å². The maximum atomic E-state index is 12.8. The molecule has 1 saturated carbocycles. The van der Waals surface area contributed by atoms with Crippen LogP contribution in [0.1, 0.15) is 74.0 Å². The number of carbonyl (C=O) groups excluding carboxylic acids is 1. The van der Waals surface area contributed by atoms with Gasteiger partial charge in [-0.25, -0.2) is 4.98 Å². The Morgan fingerprint density at radius 2 is 1.97 bits per heavy atom. The SMILES string of the molecule is O=C(NCCCOC1CCCCC1)c1ccc2c(=O)n3c(nc2c1)CCCCC3. The number of aryl methyl sites for hydroxylation is 1. The van der Waals surface area contributed by atoms with Crippen molar-refractivity contribution in [3.8, 4) is 0 Å². The monoisotopic (exact) mass is 397 g/mol. The van der Waals surface area contributed by atoms with Gasteiger partial charge in [0.1, 0.15) is 5.82 Å². The highest BCUT2D eigenvalue weighted by molar-refractivity contribution is 5.97. The minimum Gasteiger partial charge on any atom is -0.378 e. The van der Waals surface area contributed by atoms with Crippen LogP contribution in [-0.2, 0) is 17.7 Å². The topological polar surface area (TPSA) is 73.2 Å². The molecule has 0 atom stereocenters. The number of aromatic nitrogens is 2. The molecule has 0 unspecified atom stereocenters. The van der Waals surface area contributed by atoms with E-state index in [1.165, 1.54) is 32.1 Å². The van der Waals surface area contributed by atoms with Gasteiger partial charge in [-0.15, -0.1) is 0 Å². The van der Waals surface area contributed by atoms with Crippen molar-refractivity contribution in [2.45, 2.75) is 76.9 Å². The van der Waals surface area contributed by atoms with E-state index in [9.17, 15) is 9.59 Å². The lowest BCUT2D eigenvalue weighted by Gasteiger charge is -2.21. The number of hydrogen-bond donors (Lipinski definition) is 1. The van der Waals surface area contributed by atoms with Crippen LogP contribution in [0.25, 0.3) is 10.9 Å². The number of ether oxygens (including phenoxy) is 1. The quantitative estimate of drug-likeness (QED) is 0.756. The summed E-state index contributed by atoms with van der Waals surface area (Å²) in [6.07, 6.45) is 11.4. The van der Waals surface area contributed by atoms with E-state index >= 15 is 0 Å². The average molecular weight is 398 g/mol. The third kappa shape index (κ3) is 4.86. The minimum atomic E-state index is -0.124. The largest absolute Gasteiger partial charge is 0.378 e. The summed E-state index contributed by atoms with van der Waals surface area (Å²) in [5.74, 6) is 0.721. The van der Waals surface area contributed by atoms with Gasteiger partial charge in [0.25, 0.3) is 11.5 Å². The van der Waals surface area contributed by atoms with Gasteiger partial charge in [0.2, 0.25) is 0 Å². The molecule has 6 heteroatoms. The van der Waals surface area contributed by atoms with Crippen LogP contribution >= 0.6 is 0 Å². The Morgan fingerprint density at radius 1 is 1.14 bits per heavy atom. The molecule has 0 saturated heterocycles. The van der Waals surface area contributed by atoms with Crippen LogP contribution in [0.4, 0.5) is 0 Å². The highest BCUT2D eigenvalue weighted by atomic mass is 16.5. The molecule has 1 aliphatic carbocycles. The maximum absolute atomic E-state index is 12.8. The summed E-state index contributed by atoms with van der Waals surface area (Å²) in [6.45, 7) is 2.01. The summed E-state index contributed by atoms with van der Waals surface area (Å²) >= 11 is 0. The third-order valence-electron chi connectivity index (χ3n) is 6.09. The van der Waals surface area contributed by atoms with Crippen molar-refractivity contribution in [3.05, 3.63) is 39.9 Å². The Morgan fingerprint density at radius 3 is 2.83 bits per heavy atom. The van der Waals surface area contributed by atoms with Gasteiger partial charge in [-0.2, -0.15) is 0 Å². The van der Waals surface area contributed by atoms with Crippen LogP contribution in [0.5, 0.6) is 0 Å². The number of rotatable bonds is 6. The fraction of sp³-hybridized carbons (Fsp3) is 0.609. The van der Waals surface area contributed by atoms with Gasteiger partial charge in [0, 0.05) is 31.7 Å². The van der Waals surface area contributed by atoms with E-state index in [1.807, 2.05) is 0 Å². The molecular weight excluding hydrogens is 366 g/mol. The molecule has 4 rings (SSSR count). The summed E-state index contributed by atoms with van der Waals surface area (Å²) < 4.78 is 7.71. The molecule has 6 nitrogen and oxygen atoms in total. The number of benzene rings is 1. The average Bonchev–Trinajstić information content (AvgIpc) is 2.99. The van der Waals surface area contributed by atoms with E-state index in [-0.39, 0.29) is 11.5 Å². The van der Waals surface area contributed by atoms with Gasteiger partial charge in [0.05, 0.1) is 17.0 Å². The molecule has 0 bridgehead atoms. The van der Waals surface area contributed by atoms with Gasteiger partial charge in [-0.05, 0) is 50.3 Å². The zero-order valence-electron chi connectivity index (χ0n) is 17.1. The van der Waals surface area contributed by atoms with Crippen molar-refractivity contribution in [2.24, 2.45) is 0 Å². The standard InChI is InChI=1S/C23H31N3O3/c27-22(24-13-7-15-29-18-8-3-1-4-9-18)17-11-12-19-20(16-17)25-21-10-5-2-6-14-26(21)23(19)28/h11-12,16,18H,1-10,13-15H2,(H,24,27). The zero-order chi connectivity index (χ0) is 20.1. The van der Waals surface area contributed by atoms with Gasteiger partial charge >= 0.3 is 0 Å². The zero-order valence-corrected chi connectivity index (χ0v) is 17.1. The molecule has 1 aromatic heterocycles. The number of nitrogens with zero attached hydrogens (tertiary/aromatic N) is 2. The summed E-state index contributed by atoms with van der Waals surface area (Å²) in [4.78, 5) is 30.0. The van der Waals surface area contributed by atoms with E-state index in [0.717, 1.165) is 44.5 Å². The number of carbonyl (C=O) groups is 1. The molecule has 156 valence electrons. The smallest absolute Gasteiger partial charge is 0.261 e. The van der Waals surface area contributed by atoms with Crippen molar-refractivity contribution in [1.29, 1.82) is 0 Å². The second-order valence-electron chi connectivity index (χ2n) is 8.27. The first-order chi connectivity index (χ1) is 14.2. The summed E-state index contributed by atoms with van der Waals surface area (Å²) in [5, 5.41) is 3.55. The Balaban J connectivity index is 1.36. The number of fused-ring (bicyclic) bond motifs is 2. The molecule has 2 aliphatic rings. The highest BCUT2D eigenvalue weighted by Gasteiger charge is 2.16. The first kappa shape index (κ1) is 20.1. The minimum absolute atomic E-state index is 0.0127. The van der Waals surface area contributed by atoms with Crippen molar-refractivity contribution in [1.82, 2.24) is 14.9 Å². The molecular formula is C23H31N3O3. The summed E-state index contributed by atoms with van der Waals surface area (Å²) in [5.41, 5.74) is 1.19. The lowest BCUT2D eigenvalue weighted by molar-refractivity contribution is 0.0273. The van der Waals surface area contributed by atoms with Crippen molar-refractivity contribution in [3.63, 3.8) is 0 Å². The Hall–Kier alpha value is -2.21. The number of amides is 1. The second-order valence-corrected chi connectivity index (χ2v) is 8.27. The van der Waals surface area contributed by atoms with E-state index < -0.39 is 0 Å². The van der Waals surface area contributed by atoms with Crippen LogP contribution < -0.4 is 10.9 Å². The third-order valence-corrected chi connectivity index (χ3v) is 6.09. The van der Waals surface area contributed by atoms with Crippen molar-refractivity contribution >= 4 is 16.8 Å². The molecule has 1 aromatic carbocycles. The van der Waals surface area contributed by atoms with Crippen LogP contribution in [0.2, 0.25) is 0 Å². The Kier molecular flexibility index (Phi) is 6.60. The first-order valence-electron chi connectivity index (χ1n) is 11.2. The van der Waals surface area contributed by atoms with Gasteiger partial charge in [-0.3, -0.25) is 14.2 Å². The van der Waals surface area contributed by atoms with Crippen LogP contribution in [0.15, 0.2) is 23.0 Å².